The molecule has 10 heteroatoms. The molecule has 2 aliphatic rings. The van der Waals surface area contributed by atoms with Crippen molar-refractivity contribution < 1.29 is 13.2 Å². The zero-order chi connectivity index (χ0) is 28.6. The summed E-state index contributed by atoms with van der Waals surface area (Å²) in [7, 11) is -3.94. The quantitative estimate of drug-likeness (QED) is 0.268. The van der Waals surface area contributed by atoms with Gasteiger partial charge in [0, 0.05) is 29.6 Å². The molecule has 0 bridgehead atoms. The Balaban J connectivity index is 1.44. The first-order valence-electron chi connectivity index (χ1n) is 14.5. The molecular formula is C31H36N6O3S. The number of fused-ring (bicyclic) bond motifs is 3. The van der Waals surface area contributed by atoms with Crippen molar-refractivity contribution in [3.8, 4) is 6.07 Å². The molecule has 1 aliphatic carbocycles. The van der Waals surface area contributed by atoms with E-state index in [2.05, 4.69) is 32.1 Å². The third-order valence-corrected chi connectivity index (χ3v) is 10.4. The topological polar surface area (TPSA) is 117 Å². The number of pyridine rings is 1. The molecule has 0 spiro atoms. The van der Waals surface area contributed by atoms with E-state index in [9.17, 15) is 13.7 Å². The third kappa shape index (κ3) is 5.07. The van der Waals surface area contributed by atoms with Crippen LogP contribution in [0.1, 0.15) is 63.4 Å². The Kier molecular flexibility index (Phi) is 7.68. The highest BCUT2D eigenvalue weighted by molar-refractivity contribution is 7.91. The average Bonchev–Trinajstić information content (AvgIpc) is 3.65. The molecule has 214 valence electrons. The molecule has 4 heterocycles. The van der Waals surface area contributed by atoms with Crippen molar-refractivity contribution in [2.24, 2.45) is 5.92 Å². The maximum absolute atomic E-state index is 13.9. The Morgan fingerprint density at radius 2 is 1.80 bits per heavy atom. The van der Waals surface area contributed by atoms with Crippen LogP contribution in [-0.2, 0) is 14.6 Å². The zero-order valence-electron chi connectivity index (χ0n) is 23.4. The molecule has 1 N–H and O–H groups in total. The highest BCUT2D eigenvalue weighted by atomic mass is 32.2. The van der Waals surface area contributed by atoms with Gasteiger partial charge in [0.15, 0.2) is 5.03 Å². The number of nitrogens with one attached hydrogen (secondary N) is 1. The second-order valence-corrected chi connectivity index (χ2v) is 13.0. The molecule has 2 fully saturated rings. The molecule has 9 nitrogen and oxygen atoms in total. The molecule has 1 atom stereocenters. The number of nitriles is 1. The number of rotatable bonds is 8. The van der Waals surface area contributed by atoms with E-state index in [-0.39, 0.29) is 28.0 Å². The Labute approximate surface area is 240 Å². The predicted molar refractivity (Wildman–Crippen MR) is 157 cm³/mol. The molecule has 41 heavy (non-hydrogen) atoms. The SMILES string of the molecule is C=CCO[C@H](C)c1nc2c(S(=O)(=O)c3ccccc3)nc3[nH]ccc3c2n1C1CCC(N2CCC(C#N)CC2)CC1. The largest absolute Gasteiger partial charge is 0.367 e. The van der Waals surface area contributed by atoms with Crippen molar-refractivity contribution in [2.45, 2.75) is 73.6 Å². The second kappa shape index (κ2) is 11.4. The molecule has 4 aromatic rings. The van der Waals surface area contributed by atoms with Crippen LogP contribution in [0.15, 0.2) is 65.2 Å². The van der Waals surface area contributed by atoms with E-state index in [1.54, 1.807) is 42.6 Å². The Morgan fingerprint density at radius 1 is 1.10 bits per heavy atom. The maximum Gasteiger partial charge on any atom is 0.226 e. The number of hydrogen-bond acceptors (Lipinski definition) is 7. The lowest BCUT2D eigenvalue weighted by Gasteiger charge is -2.40. The zero-order valence-corrected chi connectivity index (χ0v) is 24.2. The lowest BCUT2D eigenvalue weighted by Crippen LogP contribution is -2.43. The van der Waals surface area contributed by atoms with Crippen LogP contribution in [0, 0.1) is 17.2 Å². The number of imidazole rings is 1. The molecule has 0 unspecified atom stereocenters. The minimum absolute atomic E-state index is 0.0429. The molecule has 1 saturated carbocycles. The number of likely N-dealkylation sites (tertiary alicyclic amines) is 1. The number of aromatic amines is 1. The van der Waals surface area contributed by atoms with Gasteiger partial charge in [0.1, 0.15) is 23.1 Å². The van der Waals surface area contributed by atoms with Crippen molar-refractivity contribution in [3.63, 3.8) is 0 Å². The fourth-order valence-electron chi connectivity index (χ4n) is 6.57. The number of aromatic nitrogens is 4. The van der Waals surface area contributed by atoms with E-state index in [1.807, 2.05) is 13.0 Å². The maximum atomic E-state index is 13.9. The molecule has 1 aliphatic heterocycles. The van der Waals surface area contributed by atoms with Gasteiger partial charge >= 0.3 is 0 Å². The molecule has 3 aromatic heterocycles. The summed E-state index contributed by atoms with van der Waals surface area (Å²) in [5, 5.41) is 10.1. The summed E-state index contributed by atoms with van der Waals surface area (Å²) in [6, 6.07) is 13.4. The third-order valence-electron chi connectivity index (χ3n) is 8.73. The summed E-state index contributed by atoms with van der Waals surface area (Å²) in [6.45, 7) is 8.07. The fourth-order valence-corrected chi connectivity index (χ4v) is 7.92. The Morgan fingerprint density at radius 3 is 2.49 bits per heavy atom. The van der Waals surface area contributed by atoms with Crippen LogP contribution in [0.2, 0.25) is 0 Å². The van der Waals surface area contributed by atoms with E-state index in [0.29, 0.717) is 29.6 Å². The molecule has 1 aromatic carbocycles. The van der Waals surface area contributed by atoms with Gasteiger partial charge in [-0.3, -0.25) is 0 Å². The van der Waals surface area contributed by atoms with Gasteiger partial charge in [-0.15, -0.1) is 6.58 Å². The number of hydrogen-bond donors (Lipinski definition) is 1. The number of nitrogens with zero attached hydrogens (tertiary/aromatic N) is 5. The second-order valence-electron chi connectivity index (χ2n) is 11.2. The monoisotopic (exact) mass is 572 g/mol. The first-order valence-corrected chi connectivity index (χ1v) is 16.0. The standard InChI is InChI=1S/C31H36N6O3S/c1-3-19-40-21(2)30-34-27-28(37(30)24-11-9-23(10-12-24)36-17-14-22(20-32)15-18-36)26-13-16-33-29(26)35-31(27)41(38,39)25-7-5-4-6-8-25/h3-8,13,16,21-24H,1,9-12,14-15,17-19H2,2H3,(H,33,35)/t21-,23?,24?/m1/s1. The lowest BCUT2D eigenvalue weighted by atomic mass is 9.87. The van der Waals surface area contributed by atoms with Crippen LogP contribution >= 0.6 is 0 Å². The summed E-state index contributed by atoms with van der Waals surface area (Å²) in [4.78, 5) is 15.5. The van der Waals surface area contributed by atoms with Crippen molar-refractivity contribution >= 4 is 31.9 Å². The highest BCUT2D eigenvalue weighted by Gasteiger charge is 2.35. The van der Waals surface area contributed by atoms with Gasteiger partial charge in [-0.1, -0.05) is 24.3 Å². The molecule has 1 saturated heterocycles. The van der Waals surface area contributed by atoms with E-state index < -0.39 is 9.84 Å². The van der Waals surface area contributed by atoms with Gasteiger partial charge < -0.3 is 19.2 Å². The van der Waals surface area contributed by atoms with Crippen LogP contribution in [0.25, 0.3) is 22.1 Å². The predicted octanol–water partition coefficient (Wildman–Crippen LogP) is 5.73. The van der Waals surface area contributed by atoms with Crippen molar-refractivity contribution in [1.82, 2.24) is 24.4 Å². The summed E-state index contributed by atoms with van der Waals surface area (Å²) >= 11 is 0. The Hall–Kier alpha value is -3.52. The van der Waals surface area contributed by atoms with E-state index in [4.69, 9.17) is 9.72 Å². The smallest absolute Gasteiger partial charge is 0.226 e. The Bertz CT molecular complexity index is 1690. The summed E-state index contributed by atoms with van der Waals surface area (Å²) in [5.74, 6) is 0.887. The summed E-state index contributed by atoms with van der Waals surface area (Å²) in [5.41, 5.74) is 1.69. The fraction of sp³-hybridized carbons (Fsp3) is 0.452. The number of sulfone groups is 1. The van der Waals surface area contributed by atoms with Crippen LogP contribution in [0.3, 0.4) is 0 Å². The van der Waals surface area contributed by atoms with Gasteiger partial charge in [0.25, 0.3) is 0 Å². The minimum Gasteiger partial charge on any atom is -0.367 e. The lowest BCUT2D eigenvalue weighted by molar-refractivity contribution is 0.0738. The molecule has 0 radical (unpaired) electrons. The van der Waals surface area contributed by atoms with Gasteiger partial charge in [0.05, 0.1) is 23.1 Å². The summed E-state index contributed by atoms with van der Waals surface area (Å²) in [6.07, 6.45) is 9.01. The van der Waals surface area contributed by atoms with Crippen molar-refractivity contribution in [1.29, 1.82) is 5.26 Å². The van der Waals surface area contributed by atoms with Crippen LogP contribution in [0.5, 0.6) is 0 Å². The molecule has 6 rings (SSSR count). The molecular weight excluding hydrogens is 536 g/mol. The minimum atomic E-state index is -3.94. The number of ether oxygens (including phenoxy) is 1. The van der Waals surface area contributed by atoms with E-state index >= 15 is 0 Å². The first kappa shape index (κ1) is 27.6. The summed E-state index contributed by atoms with van der Waals surface area (Å²) < 4.78 is 36.1. The van der Waals surface area contributed by atoms with E-state index in [1.165, 1.54) is 0 Å². The highest BCUT2D eigenvalue weighted by Crippen LogP contribution is 2.41. The van der Waals surface area contributed by atoms with Crippen LogP contribution in [0.4, 0.5) is 0 Å². The van der Waals surface area contributed by atoms with Crippen LogP contribution in [-0.4, -0.2) is 58.6 Å². The van der Waals surface area contributed by atoms with Gasteiger partial charge in [-0.25, -0.2) is 18.4 Å². The number of piperidine rings is 1. The average molecular weight is 573 g/mol. The van der Waals surface area contributed by atoms with Crippen molar-refractivity contribution in [2.75, 3.05) is 19.7 Å². The van der Waals surface area contributed by atoms with Crippen molar-refractivity contribution in [3.05, 3.63) is 61.1 Å². The number of benzene rings is 1. The normalized spacial score (nSPS) is 21.7. The van der Waals surface area contributed by atoms with Gasteiger partial charge in [-0.2, -0.15) is 5.26 Å². The van der Waals surface area contributed by atoms with Gasteiger partial charge in [-0.05, 0) is 76.7 Å². The molecule has 0 amide bonds. The first-order chi connectivity index (χ1) is 19.9. The van der Waals surface area contributed by atoms with Crippen LogP contribution < -0.4 is 0 Å². The van der Waals surface area contributed by atoms with E-state index in [0.717, 1.165) is 62.5 Å². The number of H-pyrrole nitrogens is 1. The van der Waals surface area contributed by atoms with Gasteiger partial charge in [0.2, 0.25) is 9.84 Å².